The highest BCUT2D eigenvalue weighted by molar-refractivity contribution is 6.09. The second kappa shape index (κ2) is 8.70. The number of carbonyl (C=O) groups is 1. The number of para-hydroxylation sites is 2. The molecule has 9 nitrogen and oxygen atoms in total. The lowest BCUT2D eigenvalue weighted by molar-refractivity contribution is -0.384. The van der Waals surface area contributed by atoms with Gasteiger partial charge in [0.1, 0.15) is 11.6 Å². The first-order chi connectivity index (χ1) is 13.9. The van der Waals surface area contributed by atoms with Crippen molar-refractivity contribution in [2.75, 3.05) is 46.2 Å². The van der Waals surface area contributed by atoms with Crippen molar-refractivity contribution < 1.29 is 14.5 Å². The van der Waals surface area contributed by atoms with Gasteiger partial charge in [-0.3, -0.25) is 19.8 Å². The van der Waals surface area contributed by atoms with Crippen LogP contribution in [0.25, 0.3) is 0 Å². The number of carbonyl (C=O) groups excluding carboxylic acids is 1. The number of non-ortho nitro benzene ring substituents is 1. The minimum absolute atomic E-state index is 0.124. The van der Waals surface area contributed by atoms with E-state index in [-0.39, 0.29) is 11.3 Å². The Morgan fingerprint density at radius 2 is 1.97 bits per heavy atom. The standard InChI is InChI=1S/C20H23N5O4/c1-23-10-11-24(2)19(13-23)21-16-9-8-14(25(27)28)12-15(16)20(26)22-17-6-4-5-7-18(17)29-3/h4-9,12H,10-11,13H2,1-3H3,(H,22,26)/b21-19+. The first-order valence-electron chi connectivity index (χ1n) is 9.09. The van der Waals surface area contributed by atoms with Crippen LogP contribution in [0.2, 0.25) is 0 Å². The van der Waals surface area contributed by atoms with Crippen LogP contribution in [0.3, 0.4) is 0 Å². The number of nitro benzene ring substituents is 1. The maximum atomic E-state index is 13.0. The molecule has 9 heteroatoms. The highest BCUT2D eigenvalue weighted by Crippen LogP contribution is 2.29. The van der Waals surface area contributed by atoms with Crippen LogP contribution in [-0.4, -0.2) is 67.3 Å². The van der Waals surface area contributed by atoms with Crippen molar-refractivity contribution >= 4 is 28.8 Å². The number of benzene rings is 2. The minimum Gasteiger partial charge on any atom is -0.495 e. The predicted octanol–water partition coefficient (Wildman–Crippen LogP) is 2.76. The van der Waals surface area contributed by atoms with Crippen molar-refractivity contribution in [3.8, 4) is 5.75 Å². The SMILES string of the molecule is COc1ccccc1NC(=O)c1cc([N+](=O)[O-])ccc1/N=C1\CN(C)CCN1C. The van der Waals surface area contributed by atoms with Gasteiger partial charge >= 0.3 is 0 Å². The molecule has 2 aromatic rings. The minimum atomic E-state index is -0.530. The van der Waals surface area contributed by atoms with Gasteiger partial charge in [-0.15, -0.1) is 0 Å². The highest BCUT2D eigenvalue weighted by Gasteiger charge is 2.21. The predicted molar refractivity (Wildman–Crippen MR) is 111 cm³/mol. The Labute approximate surface area is 168 Å². The lowest BCUT2D eigenvalue weighted by Crippen LogP contribution is -2.46. The maximum absolute atomic E-state index is 13.0. The number of methoxy groups -OCH3 is 1. The molecule has 1 fully saturated rings. The van der Waals surface area contributed by atoms with Crippen LogP contribution in [0.1, 0.15) is 10.4 Å². The van der Waals surface area contributed by atoms with Crippen LogP contribution in [0.5, 0.6) is 5.75 Å². The molecule has 0 bridgehead atoms. The molecule has 29 heavy (non-hydrogen) atoms. The van der Waals surface area contributed by atoms with E-state index in [0.717, 1.165) is 18.9 Å². The number of aliphatic imine (C=N–C) groups is 1. The third-order valence-electron chi connectivity index (χ3n) is 4.71. The quantitative estimate of drug-likeness (QED) is 0.615. The number of hydrogen-bond acceptors (Lipinski definition) is 6. The first-order valence-corrected chi connectivity index (χ1v) is 9.09. The summed E-state index contributed by atoms with van der Waals surface area (Å²) in [6, 6.07) is 11.1. The number of nitro groups is 1. The van der Waals surface area contributed by atoms with Crippen molar-refractivity contribution in [2.24, 2.45) is 4.99 Å². The maximum Gasteiger partial charge on any atom is 0.270 e. The lowest BCUT2D eigenvalue weighted by atomic mass is 10.1. The molecule has 0 aromatic heterocycles. The van der Waals surface area contributed by atoms with E-state index >= 15 is 0 Å². The second-order valence-corrected chi connectivity index (χ2v) is 6.80. The number of piperazine rings is 1. The smallest absolute Gasteiger partial charge is 0.270 e. The van der Waals surface area contributed by atoms with Gasteiger partial charge < -0.3 is 15.0 Å². The molecule has 0 atom stereocenters. The molecule has 0 spiro atoms. The van der Waals surface area contributed by atoms with Gasteiger partial charge in [0.05, 0.1) is 35.5 Å². The number of likely N-dealkylation sites (N-methyl/N-ethyl adjacent to an activating group) is 2. The summed E-state index contributed by atoms with van der Waals surface area (Å²) in [7, 11) is 5.44. The fourth-order valence-electron chi connectivity index (χ4n) is 3.01. The lowest BCUT2D eigenvalue weighted by Gasteiger charge is -2.32. The summed E-state index contributed by atoms with van der Waals surface area (Å²) >= 11 is 0. The topological polar surface area (TPSA) is 100 Å². The zero-order chi connectivity index (χ0) is 21.0. The average molecular weight is 397 g/mol. The van der Waals surface area contributed by atoms with Crippen molar-refractivity contribution in [1.82, 2.24) is 9.80 Å². The Morgan fingerprint density at radius 1 is 1.21 bits per heavy atom. The number of nitrogens with zero attached hydrogens (tertiary/aromatic N) is 4. The second-order valence-electron chi connectivity index (χ2n) is 6.80. The van der Waals surface area contributed by atoms with Crippen LogP contribution in [0, 0.1) is 10.1 Å². The molecule has 0 unspecified atom stereocenters. The van der Waals surface area contributed by atoms with Gasteiger partial charge in [0.2, 0.25) is 0 Å². The molecule has 1 heterocycles. The molecule has 1 saturated heterocycles. The summed E-state index contributed by atoms with van der Waals surface area (Å²) in [6.07, 6.45) is 0. The normalized spacial score (nSPS) is 16.0. The van der Waals surface area contributed by atoms with Gasteiger partial charge in [-0.25, -0.2) is 4.99 Å². The van der Waals surface area contributed by atoms with Gasteiger partial charge in [-0.2, -0.15) is 0 Å². The molecular formula is C20H23N5O4. The number of amidine groups is 1. The molecule has 152 valence electrons. The number of amides is 1. The largest absolute Gasteiger partial charge is 0.495 e. The van der Waals surface area contributed by atoms with Crippen LogP contribution < -0.4 is 10.1 Å². The summed E-state index contributed by atoms with van der Waals surface area (Å²) in [5.41, 5.74) is 0.798. The fourth-order valence-corrected chi connectivity index (χ4v) is 3.01. The molecule has 1 aliphatic heterocycles. The molecule has 2 aromatic carbocycles. The van der Waals surface area contributed by atoms with Gasteiger partial charge in [0, 0.05) is 32.3 Å². The fraction of sp³-hybridized carbons (Fsp3) is 0.300. The number of ether oxygens (including phenoxy) is 1. The molecule has 1 aliphatic rings. The molecule has 3 rings (SSSR count). The average Bonchev–Trinajstić information content (AvgIpc) is 2.71. The molecule has 0 radical (unpaired) electrons. The van der Waals surface area contributed by atoms with E-state index in [1.165, 1.54) is 25.3 Å². The summed E-state index contributed by atoms with van der Waals surface area (Å²) in [5.74, 6) is 0.788. The van der Waals surface area contributed by atoms with Gasteiger partial charge in [0.15, 0.2) is 0 Å². The summed E-state index contributed by atoms with van der Waals surface area (Å²) < 4.78 is 5.26. The molecule has 0 aliphatic carbocycles. The number of anilines is 1. The summed E-state index contributed by atoms with van der Waals surface area (Å²) in [6.45, 7) is 2.35. The van der Waals surface area contributed by atoms with Gasteiger partial charge in [-0.05, 0) is 25.2 Å². The van der Waals surface area contributed by atoms with Crippen molar-refractivity contribution in [2.45, 2.75) is 0 Å². The van der Waals surface area contributed by atoms with Crippen LogP contribution in [0.15, 0.2) is 47.5 Å². The first kappa shape index (κ1) is 20.3. The molecule has 0 saturated carbocycles. The van der Waals surface area contributed by atoms with Crippen molar-refractivity contribution in [1.29, 1.82) is 0 Å². The summed E-state index contributed by atoms with van der Waals surface area (Å²) in [5, 5.41) is 14.0. The zero-order valence-electron chi connectivity index (χ0n) is 16.6. The Bertz CT molecular complexity index is 960. The van der Waals surface area contributed by atoms with E-state index < -0.39 is 10.8 Å². The van der Waals surface area contributed by atoms with E-state index in [0.29, 0.717) is 23.7 Å². The van der Waals surface area contributed by atoms with Crippen molar-refractivity contribution in [3.63, 3.8) is 0 Å². The Balaban J connectivity index is 2.00. The number of rotatable bonds is 5. The van der Waals surface area contributed by atoms with E-state index in [9.17, 15) is 14.9 Å². The van der Waals surface area contributed by atoms with Crippen LogP contribution in [0.4, 0.5) is 17.1 Å². The van der Waals surface area contributed by atoms with E-state index in [1.807, 2.05) is 19.0 Å². The number of hydrogen-bond donors (Lipinski definition) is 1. The van der Waals surface area contributed by atoms with Crippen LogP contribution >= 0.6 is 0 Å². The number of nitrogens with one attached hydrogen (secondary N) is 1. The van der Waals surface area contributed by atoms with E-state index in [4.69, 9.17) is 4.74 Å². The third kappa shape index (κ3) is 4.69. The summed E-state index contributed by atoms with van der Waals surface area (Å²) in [4.78, 5) is 32.5. The highest BCUT2D eigenvalue weighted by atomic mass is 16.6. The van der Waals surface area contributed by atoms with Gasteiger partial charge in [-0.1, -0.05) is 12.1 Å². The van der Waals surface area contributed by atoms with Crippen molar-refractivity contribution in [3.05, 3.63) is 58.1 Å². The molecule has 1 amide bonds. The Morgan fingerprint density at radius 3 is 2.69 bits per heavy atom. The Kier molecular flexibility index (Phi) is 6.08. The van der Waals surface area contributed by atoms with E-state index in [1.54, 1.807) is 24.3 Å². The monoisotopic (exact) mass is 397 g/mol. The molecule has 1 N–H and O–H groups in total. The zero-order valence-corrected chi connectivity index (χ0v) is 16.6. The third-order valence-corrected chi connectivity index (χ3v) is 4.71. The Hall–Kier alpha value is -3.46. The van der Waals surface area contributed by atoms with E-state index in [2.05, 4.69) is 15.2 Å². The molecular weight excluding hydrogens is 374 g/mol. The van der Waals surface area contributed by atoms with Gasteiger partial charge in [0.25, 0.3) is 11.6 Å². The van der Waals surface area contributed by atoms with Crippen LogP contribution in [-0.2, 0) is 0 Å².